The Hall–Kier alpha value is -2.15. The number of carbonyl (C=O) groups is 2. The lowest BCUT2D eigenvalue weighted by molar-refractivity contribution is -0.121. The molecular weight excluding hydrogens is 265 g/mol. The van der Waals surface area contributed by atoms with Gasteiger partial charge in [-0.05, 0) is 18.2 Å². The quantitative estimate of drug-likeness (QED) is 0.495. The Kier molecular flexibility index (Phi) is 6.45. The maximum atomic E-state index is 13.4. The summed E-state index contributed by atoms with van der Waals surface area (Å²) in [6.45, 7) is 0.950. The number of benzene rings is 1. The van der Waals surface area contributed by atoms with E-state index in [1.807, 2.05) is 0 Å². The van der Waals surface area contributed by atoms with Gasteiger partial charge >= 0.3 is 0 Å². The molecule has 0 atom stereocenters. The van der Waals surface area contributed by atoms with Gasteiger partial charge in [0.15, 0.2) is 0 Å². The number of nitrogen functional groups attached to an aromatic ring is 1. The Morgan fingerprint density at radius 2 is 2.05 bits per heavy atom. The summed E-state index contributed by atoms with van der Waals surface area (Å²) in [5.41, 5.74) is 5.65. The normalized spacial score (nSPS) is 10.1. The third-order valence-electron chi connectivity index (χ3n) is 2.50. The van der Waals surface area contributed by atoms with Crippen molar-refractivity contribution >= 4 is 17.5 Å². The van der Waals surface area contributed by atoms with Gasteiger partial charge in [0.25, 0.3) is 5.91 Å². The van der Waals surface area contributed by atoms with Crippen molar-refractivity contribution in [2.75, 3.05) is 32.5 Å². The average Bonchev–Trinajstić information content (AvgIpc) is 2.41. The minimum atomic E-state index is -0.652. The second-order valence-corrected chi connectivity index (χ2v) is 4.09. The van der Waals surface area contributed by atoms with Crippen molar-refractivity contribution in [3.05, 3.63) is 29.6 Å². The first-order valence-corrected chi connectivity index (χ1v) is 6.13. The van der Waals surface area contributed by atoms with Crippen LogP contribution in [0.5, 0.6) is 0 Å². The molecule has 0 unspecified atom stereocenters. The molecule has 1 aromatic carbocycles. The molecule has 1 aromatic rings. The molecule has 20 heavy (non-hydrogen) atoms. The van der Waals surface area contributed by atoms with Gasteiger partial charge in [-0.2, -0.15) is 0 Å². The molecule has 0 aliphatic carbocycles. The van der Waals surface area contributed by atoms with Crippen LogP contribution in [0, 0.1) is 5.82 Å². The molecule has 0 saturated carbocycles. The number of hydrogen-bond donors (Lipinski definition) is 3. The van der Waals surface area contributed by atoms with E-state index in [4.69, 9.17) is 10.5 Å². The second-order valence-electron chi connectivity index (χ2n) is 4.09. The Balaban J connectivity index is 2.36. The first-order valence-electron chi connectivity index (χ1n) is 6.13. The number of amides is 2. The molecule has 1 rings (SSSR count). The molecule has 0 fully saturated rings. The molecule has 0 heterocycles. The third kappa shape index (κ3) is 5.23. The maximum absolute atomic E-state index is 13.4. The van der Waals surface area contributed by atoms with E-state index in [1.54, 1.807) is 0 Å². The predicted molar refractivity (Wildman–Crippen MR) is 72.6 cm³/mol. The minimum absolute atomic E-state index is 0.111. The molecule has 110 valence electrons. The van der Waals surface area contributed by atoms with Crippen LogP contribution >= 0.6 is 0 Å². The molecule has 0 radical (unpaired) electrons. The Bertz CT molecular complexity index is 480. The van der Waals surface area contributed by atoms with Gasteiger partial charge in [0, 0.05) is 32.3 Å². The summed E-state index contributed by atoms with van der Waals surface area (Å²) < 4.78 is 18.2. The highest BCUT2D eigenvalue weighted by atomic mass is 19.1. The molecule has 0 aliphatic rings. The lowest BCUT2D eigenvalue weighted by Crippen LogP contribution is -2.32. The van der Waals surface area contributed by atoms with Crippen molar-refractivity contribution in [2.45, 2.75) is 6.42 Å². The zero-order valence-electron chi connectivity index (χ0n) is 11.2. The van der Waals surface area contributed by atoms with Crippen molar-refractivity contribution in [1.82, 2.24) is 10.6 Å². The van der Waals surface area contributed by atoms with Crippen LogP contribution in [0.4, 0.5) is 10.1 Å². The summed E-state index contributed by atoms with van der Waals surface area (Å²) in [6.07, 6.45) is 0.111. The molecular formula is C13H18FN3O3. The van der Waals surface area contributed by atoms with Crippen molar-refractivity contribution in [3.63, 3.8) is 0 Å². The second kappa shape index (κ2) is 8.11. The van der Waals surface area contributed by atoms with E-state index in [0.29, 0.717) is 18.8 Å². The van der Waals surface area contributed by atoms with Crippen LogP contribution in [0.3, 0.4) is 0 Å². The van der Waals surface area contributed by atoms with E-state index in [2.05, 4.69) is 10.6 Å². The summed E-state index contributed by atoms with van der Waals surface area (Å²) in [5, 5.41) is 5.07. The smallest absolute Gasteiger partial charge is 0.254 e. The van der Waals surface area contributed by atoms with E-state index in [-0.39, 0.29) is 24.4 Å². The van der Waals surface area contributed by atoms with Crippen LogP contribution in [0.1, 0.15) is 16.8 Å². The summed E-state index contributed by atoms with van der Waals surface area (Å²) in [4.78, 5) is 23.0. The molecule has 7 heteroatoms. The number of methoxy groups -OCH3 is 1. The zero-order valence-corrected chi connectivity index (χ0v) is 11.2. The number of ether oxygens (including phenoxy) is 1. The Morgan fingerprint density at radius 3 is 2.75 bits per heavy atom. The monoisotopic (exact) mass is 283 g/mol. The van der Waals surface area contributed by atoms with Crippen molar-refractivity contribution in [2.24, 2.45) is 0 Å². The van der Waals surface area contributed by atoms with Gasteiger partial charge in [-0.3, -0.25) is 9.59 Å². The summed E-state index contributed by atoms with van der Waals surface area (Å²) in [6, 6.07) is 3.75. The average molecular weight is 283 g/mol. The highest BCUT2D eigenvalue weighted by molar-refractivity contribution is 5.95. The van der Waals surface area contributed by atoms with Crippen LogP contribution in [0.15, 0.2) is 18.2 Å². The highest BCUT2D eigenvalue weighted by Crippen LogP contribution is 2.11. The number of carbonyl (C=O) groups excluding carboxylic acids is 2. The fourth-order valence-corrected chi connectivity index (χ4v) is 1.48. The van der Waals surface area contributed by atoms with Crippen molar-refractivity contribution in [3.8, 4) is 0 Å². The van der Waals surface area contributed by atoms with Crippen LogP contribution < -0.4 is 16.4 Å². The molecule has 0 bridgehead atoms. The molecule has 4 N–H and O–H groups in total. The number of rotatable bonds is 7. The summed E-state index contributed by atoms with van der Waals surface area (Å²) in [5.74, 6) is -1.46. The molecule has 0 aliphatic heterocycles. The van der Waals surface area contributed by atoms with Gasteiger partial charge in [0.05, 0.1) is 12.2 Å². The van der Waals surface area contributed by atoms with Crippen LogP contribution in [-0.2, 0) is 9.53 Å². The zero-order chi connectivity index (χ0) is 15.0. The SMILES string of the molecule is COCCNC(=O)CCNC(=O)c1cc(N)ccc1F. The topological polar surface area (TPSA) is 93.5 Å². The summed E-state index contributed by atoms with van der Waals surface area (Å²) in [7, 11) is 1.53. The standard InChI is InChI=1S/C13H18FN3O3/c1-20-7-6-16-12(18)4-5-17-13(19)10-8-9(15)2-3-11(10)14/h2-3,8H,4-7,15H2,1H3,(H,16,18)(H,17,19). The van der Waals surface area contributed by atoms with Crippen LogP contribution in [0.25, 0.3) is 0 Å². The number of anilines is 1. The predicted octanol–water partition coefficient (Wildman–Crippen LogP) is 0.290. The van der Waals surface area contributed by atoms with Crippen LogP contribution in [-0.4, -0.2) is 38.6 Å². The van der Waals surface area contributed by atoms with E-state index in [9.17, 15) is 14.0 Å². The highest BCUT2D eigenvalue weighted by Gasteiger charge is 2.12. The van der Waals surface area contributed by atoms with Gasteiger partial charge in [-0.25, -0.2) is 4.39 Å². The molecule has 0 aromatic heterocycles. The first kappa shape index (κ1) is 15.9. The van der Waals surface area contributed by atoms with E-state index in [0.717, 1.165) is 6.07 Å². The number of hydrogen-bond acceptors (Lipinski definition) is 4. The molecule has 0 spiro atoms. The fourth-order valence-electron chi connectivity index (χ4n) is 1.48. The third-order valence-corrected chi connectivity index (χ3v) is 2.50. The van der Waals surface area contributed by atoms with Gasteiger partial charge in [-0.15, -0.1) is 0 Å². The number of nitrogens with two attached hydrogens (primary N) is 1. The van der Waals surface area contributed by atoms with Crippen molar-refractivity contribution < 1.29 is 18.7 Å². The maximum Gasteiger partial charge on any atom is 0.254 e. The van der Waals surface area contributed by atoms with Crippen LogP contribution in [0.2, 0.25) is 0 Å². The lowest BCUT2D eigenvalue weighted by Gasteiger charge is -2.07. The van der Waals surface area contributed by atoms with Gasteiger partial charge in [0.1, 0.15) is 5.82 Å². The lowest BCUT2D eigenvalue weighted by atomic mass is 10.1. The van der Waals surface area contributed by atoms with E-state index >= 15 is 0 Å². The molecule has 0 saturated heterocycles. The molecule has 6 nitrogen and oxygen atoms in total. The van der Waals surface area contributed by atoms with E-state index < -0.39 is 11.7 Å². The van der Waals surface area contributed by atoms with Gasteiger partial charge in [0.2, 0.25) is 5.91 Å². The summed E-state index contributed by atoms with van der Waals surface area (Å²) >= 11 is 0. The first-order chi connectivity index (χ1) is 9.54. The Morgan fingerprint density at radius 1 is 1.30 bits per heavy atom. The van der Waals surface area contributed by atoms with Gasteiger partial charge < -0.3 is 21.1 Å². The number of nitrogens with one attached hydrogen (secondary N) is 2. The Labute approximate surface area is 116 Å². The number of halogens is 1. The van der Waals surface area contributed by atoms with Gasteiger partial charge in [-0.1, -0.05) is 0 Å². The minimum Gasteiger partial charge on any atom is -0.399 e. The van der Waals surface area contributed by atoms with Crippen molar-refractivity contribution in [1.29, 1.82) is 0 Å². The fraction of sp³-hybridized carbons (Fsp3) is 0.385. The van der Waals surface area contributed by atoms with E-state index in [1.165, 1.54) is 19.2 Å². The molecule has 2 amide bonds. The largest absolute Gasteiger partial charge is 0.399 e.